The molecular formula is C15H15BrO4S. The molecule has 1 aromatic carbocycles. The van der Waals surface area contributed by atoms with E-state index in [4.69, 9.17) is 14.2 Å². The van der Waals surface area contributed by atoms with Crippen molar-refractivity contribution >= 4 is 33.0 Å². The summed E-state index contributed by atoms with van der Waals surface area (Å²) in [7, 11) is 4.59. The van der Waals surface area contributed by atoms with Crippen LogP contribution in [0.1, 0.15) is 15.2 Å². The van der Waals surface area contributed by atoms with Gasteiger partial charge in [-0.25, -0.2) is 0 Å². The number of hydrogen-bond acceptors (Lipinski definition) is 5. The molecule has 0 saturated heterocycles. The number of rotatable bonds is 6. The second-order valence-electron chi connectivity index (χ2n) is 4.21. The van der Waals surface area contributed by atoms with Crippen LogP contribution in [-0.2, 0) is 6.42 Å². The average Bonchev–Trinajstić information content (AvgIpc) is 2.90. The Kier molecular flexibility index (Phi) is 5.25. The first-order valence-electron chi connectivity index (χ1n) is 6.15. The van der Waals surface area contributed by atoms with Gasteiger partial charge in [-0.05, 0) is 39.5 Å². The molecule has 0 amide bonds. The molecule has 2 aromatic rings. The van der Waals surface area contributed by atoms with E-state index in [1.165, 1.54) is 21.3 Å². The van der Waals surface area contributed by atoms with E-state index in [-0.39, 0.29) is 5.78 Å². The summed E-state index contributed by atoms with van der Waals surface area (Å²) in [5, 5.41) is 1.95. The third-order valence-electron chi connectivity index (χ3n) is 3.00. The number of carbonyl (C=O) groups is 1. The predicted octanol–water partition coefficient (Wildman–Crippen LogP) is 3.96. The minimum absolute atomic E-state index is 0.00240. The lowest BCUT2D eigenvalue weighted by Crippen LogP contribution is -2.05. The number of ketones is 1. The molecule has 0 aliphatic rings. The average molecular weight is 371 g/mol. The van der Waals surface area contributed by atoms with E-state index in [1.54, 1.807) is 23.5 Å². The van der Waals surface area contributed by atoms with Gasteiger partial charge in [0.25, 0.3) is 0 Å². The maximum absolute atomic E-state index is 12.4. The van der Waals surface area contributed by atoms with E-state index in [0.29, 0.717) is 29.2 Å². The predicted molar refractivity (Wildman–Crippen MR) is 86.2 cm³/mol. The van der Waals surface area contributed by atoms with Crippen molar-refractivity contribution in [2.75, 3.05) is 21.3 Å². The highest BCUT2D eigenvalue weighted by Gasteiger charge is 2.18. The van der Waals surface area contributed by atoms with Crippen LogP contribution in [0.25, 0.3) is 0 Å². The van der Waals surface area contributed by atoms with Gasteiger partial charge in [0.1, 0.15) is 0 Å². The molecule has 0 bridgehead atoms. The van der Waals surface area contributed by atoms with Crippen LogP contribution in [0.2, 0.25) is 0 Å². The zero-order valence-electron chi connectivity index (χ0n) is 11.9. The topological polar surface area (TPSA) is 44.8 Å². The first-order valence-corrected chi connectivity index (χ1v) is 7.83. The van der Waals surface area contributed by atoms with Crippen LogP contribution in [0.5, 0.6) is 17.2 Å². The smallest absolute Gasteiger partial charge is 0.203 e. The fourth-order valence-corrected chi connectivity index (χ4v) is 3.43. The SMILES string of the molecule is COc1cc(C(=O)Cc2sccc2Br)cc(OC)c1OC. The van der Waals surface area contributed by atoms with Gasteiger partial charge in [-0.1, -0.05) is 0 Å². The third-order valence-corrected chi connectivity index (χ3v) is 4.93. The Morgan fingerprint density at radius 1 is 1.14 bits per heavy atom. The Morgan fingerprint density at radius 3 is 2.19 bits per heavy atom. The molecule has 0 radical (unpaired) electrons. The van der Waals surface area contributed by atoms with Crippen LogP contribution in [0.4, 0.5) is 0 Å². The van der Waals surface area contributed by atoms with Gasteiger partial charge < -0.3 is 14.2 Å². The molecule has 0 aliphatic heterocycles. The molecule has 0 spiro atoms. The van der Waals surface area contributed by atoms with E-state index < -0.39 is 0 Å². The number of hydrogen-bond donors (Lipinski definition) is 0. The normalized spacial score (nSPS) is 10.3. The minimum atomic E-state index is -0.00240. The molecule has 0 unspecified atom stereocenters. The van der Waals surface area contributed by atoms with Crippen molar-refractivity contribution in [3.63, 3.8) is 0 Å². The first-order chi connectivity index (χ1) is 10.1. The third kappa shape index (κ3) is 3.39. The number of methoxy groups -OCH3 is 3. The van der Waals surface area contributed by atoms with Gasteiger partial charge >= 0.3 is 0 Å². The highest BCUT2D eigenvalue weighted by Crippen LogP contribution is 2.38. The van der Waals surface area contributed by atoms with Crippen LogP contribution in [0.3, 0.4) is 0 Å². The first kappa shape index (κ1) is 15.9. The molecule has 6 heteroatoms. The molecule has 1 heterocycles. The molecule has 0 fully saturated rings. The second-order valence-corrected chi connectivity index (χ2v) is 6.06. The largest absolute Gasteiger partial charge is 0.493 e. The fourth-order valence-electron chi connectivity index (χ4n) is 1.94. The Balaban J connectivity index is 2.35. The molecule has 0 aliphatic carbocycles. The number of thiophene rings is 1. The van der Waals surface area contributed by atoms with Gasteiger partial charge in [0.05, 0.1) is 21.3 Å². The van der Waals surface area contributed by atoms with E-state index in [9.17, 15) is 4.79 Å². The van der Waals surface area contributed by atoms with Crippen LogP contribution < -0.4 is 14.2 Å². The number of carbonyl (C=O) groups excluding carboxylic acids is 1. The van der Waals surface area contributed by atoms with Crippen molar-refractivity contribution in [1.29, 1.82) is 0 Å². The lowest BCUT2D eigenvalue weighted by molar-refractivity contribution is 0.0993. The lowest BCUT2D eigenvalue weighted by Gasteiger charge is -2.13. The van der Waals surface area contributed by atoms with Crippen molar-refractivity contribution < 1.29 is 19.0 Å². The van der Waals surface area contributed by atoms with Gasteiger partial charge in [0.15, 0.2) is 17.3 Å². The lowest BCUT2D eigenvalue weighted by atomic mass is 10.1. The molecule has 0 atom stereocenters. The zero-order chi connectivity index (χ0) is 15.4. The van der Waals surface area contributed by atoms with E-state index >= 15 is 0 Å². The second kappa shape index (κ2) is 6.95. The Hall–Kier alpha value is -1.53. The number of benzene rings is 1. The summed E-state index contributed by atoms with van der Waals surface area (Å²) in [4.78, 5) is 13.4. The van der Waals surface area contributed by atoms with Gasteiger partial charge in [-0.2, -0.15) is 0 Å². The Morgan fingerprint density at radius 2 is 1.76 bits per heavy atom. The van der Waals surface area contributed by atoms with Crippen molar-refractivity contribution in [3.05, 3.63) is 38.5 Å². The maximum atomic E-state index is 12.4. The van der Waals surface area contributed by atoms with Gasteiger partial charge in [-0.15, -0.1) is 11.3 Å². The standard InChI is InChI=1S/C15H15BrO4S/c1-18-12-6-9(7-13(19-2)15(12)20-3)11(17)8-14-10(16)4-5-21-14/h4-7H,8H2,1-3H3. The molecule has 1 aromatic heterocycles. The summed E-state index contributed by atoms with van der Waals surface area (Å²) in [5.74, 6) is 1.43. The van der Waals surface area contributed by atoms with Crippen molar-refractivity contribution in [2.45, 2.75) is 6.42 Å². The molecule has 4 nitrogen and oxygen atoms in total. The van der Waals surface area contributed by atoms with Crippen molar-refractivity contribution in [2.24, 2.45) is 0 Å². The molecule has 112 valence electrons. The van der Waals surface area contributed by atoms with Crippen molar-refractivity contribution in [3.8, 4) is 17.2 Å². The minimum Gasteiger partial charge on any atom is -0.493 e. The van der Waals surface area contributed by atoms with Gasteiger partial charge in [-0.3, -0.25) is 4.79 Å². The van der Waals surface area contributed by atoms with Gasteiger partial charge in [0, 0.05) is 21.3 Å². The molecule has 2 rings (SSSR count). The summed E-state index contributed by atoms with van der Waals surface area (Å²) in [6, 6.07) is 5.28. The quantitative estimate of drug-likeness (QED) is 0.721. The van der Waals surface area contributed by atoms with Crippen LogP contribution in [0, 0.1) is 0 Å². The number of Topliss-reactive ketones (excluding diaryl/α,β-unsaturated/α-hetero) is 1. The van der Waals surface area contributed by atoms with Crippen molar-refractivity contribution in [1.82, 2.24) is 0 Å². The van der Waals surface area contributed by atoms with E-state index in [2.05, 4.69) is 15.9 Å². The van der Waals surface area contributed by atoms with E-state index in [1.807, 2.05) is 11.4 Å². The summed E-state index contributed by atoms with van der Waals surface area (Å²) in [5.41, 5.74) is 0.532. The zero-order valence-corrected chi connectivity index (χ0v) is 14.3. The fraction of sp³-hybridized carbons (Fsp3) is 0.267. The molecule has 0 saturated carbocycles. The molecular weight excluding hydrogens is 356 g/mol. The van der Waals surface area contributed by atoms with Crippen LogP contribution >= 0.6 is 27.3 Å². The highest BCUT2D eigenvalue weighted by molar-refractivity contribution is 9.10. The van der Waals surface area contributed by atoms with Crippen LogP contribution in [-0.4, -0.2) is 27.1 Å². The summed E-state index contributed by atoms with van der Waals surface area (Å²) in [6.07, 6.45) is 0.330. The number of halogens is 1. The summed E-state index contributed by atoms with van der Waals surface area (Å²) >= 11 is 4.98. The van der Waals surface area contributed by atoms with Crippen LogP contribution in [0.15, 0.2) is 28.1 Å². The maximum Gasteiger partial charge on any atom is 0.203 e. The summed E-state index contributed by atoms with van der Waals surface area (Å²) < 4.78 is 16.7. The monoisotopic (exact) mass is 370 g/mol. The molecule has 21 heavy (non-hydrogen) atoms. The highest BCUT2D eigenvalue weighted by atomic mass is 79.9. The summed E-state index contributed by atoms with van der Waals surface area (Å²) in [6.45, 7) is 0. The van der Waals surface area contributed by atoms with E-state index in [0.717, 1.165) is 9.35 Å². The number of ether oxygens (including phenoxy) is 3. The Labute approximate surface area is 135 Å². The van der Waals surface area contributed by atoms with Gasteiger partial charge in [0.2, 0.25) is 5.75 Å². The Bertz CT molecular complexity index is 626. The molecule has 0 N–H and O–H groups in total.